The third-order valence-corrected chi connectivity index (χ3v) is 3.23. The number of rotatable bonds is 1. The van der Waals surface area contributed by atoms with Gasteiger partial charge in [-0.25, -0.2) is 14.4 Å². The summed E-state index contributed by atoms with van der Waals surface area (Å²) in [5, 5.41) is -0.507. The van der Waals surface area contributed by atoms with E-state index in [1.165, 1.54) is 11.3 Å². The van der Waals surface area contributed by atoms with Crippen LogP contribution < -0.4 is 0 Å². The Morgan fingerprint density at radius 3 is 2.27 bits per heavy atom. The molecule has 0 atom stereocenters. The van der Waals surface area contributed by atoms with E-state index in [1.807, 2.05) is 19.1 Å². The van der Waals surface area contributed by atoms with Crippen molar-refractivity contribution < 1.29 is 4.39 Å². The van der Waals surface area contributed by atoms with Crippen LogP contribution >= 0.6 is 34.5 Å². The zero-order chi connectivity index (χ0) is 11.0. The van der Waals surface area contributed by atoms with Crippen LogP contribution in [0.5, 0.6) is 0 Å². The van der Waals surface area contributed by atoms with Crippen LogP contribution in [0, 0.1) is 12.7 Å². The molecule has 0 amide bonds. The normalized spacial score (nSPS) is 10.7. The lowest BCUT2D eigenvalue weighted by molar-refractivity contribution is 0.615. The van der Waals surface area contributed by atoms with Crippen LogP contribution in [0.3, 0.4) is 0 Å². The molecule has 2 aromatic rings. The van der Waals surface area contributed by atoms with Gasteiger partial charge >= 0.3 is 0 Å². The number of hydrogen-bond donors (Lipinski definition) is 0. The van der Waals surface area contributed by atoms with Gasteiger partial charge in [0.05, 0.1) is 4.88 Å². The molecule has 0 bridgehead atoms. The molecule has 78 valence electrons. The number of thiophene rings is 1. The highest BCUT2D eigenvalue weighted by atomic mass is 35.5. The molecule has 0 aliphatic heterocycles. The maximum absolute atomic E-state index is 13.0. The van der Waals surface area contributed by atoms with Gasteiger partial charge in [0.15, 0.2) is 21.9 Å². The van der Waals surface area contributed by atoms with E-state index in [9.17, 15) is 4.39 Å². The standard InChI is InChI=1S/C9H5Cl2FN2S/c1-4-2-3-5(15-4)9-13-7(10)6(12)8(11)14-9/h2-3H,1H3. The smallest absolute Gasteiger partial charge is 0.197 e. The van der Waals surface area contributed by atoms with Gasteiger partial charge in [0.25, 0.3) is 0 Å². The molecule has 0 saturated carbocycles. The van der Waals surface area contributed by atoms with Gasteiger partial charge in [0.2, 0.25) is 0 Å². The molecule has 2 rings (SSSR count). The fourth-order valence-corrected chi connectivity index (χ4v) is 2.25. The molecule has 2 heterocycles. The minimum absolute atomic E-state index is 0.254. The Hall–Kier alpha value is -0.710. The first-order chi connectivity index (χ1) is 7.08. The number of hydrogen-bond acceptors (Lipinski definition) is 3. The summed E-state index contributed by atoms with van der Waals surface area (Å²) in [4.78, 5) is 9.58. The Balaban J connectivity index is 2.55. The predicted molar refractivity (Wildman–Crippen MR) is 60.1 cm³/mol. The van der Waals surface area contributed by atoms with Crippen LogP contribution in [-0.2, 0) is 0 Å². The van der Waals surface area contributed by atoms with Crippen molar-refractivity contribution in [2.75, 3.05) is 0 Å². The monoisotopic (exact) mass is 262 g/mol. The average Bonchev–Trinajstić information content (AvgIpc) is 2.60. The van der Waals surface area contributed by atoms with Crippen molar-refractivity contribution in [3.63, 3.8) is 0 Å². The van der Waals surface area contributed by atoms with Gasteiger partial charge in [-0.1, -0.05) is 23.2 Å². The highest BCUT2D eigenvalue weighted by Crippen LogP contribution is 2.28. The van der Waals surface area contributed by atoms with E-state index in [-0.39, 0.29) is 10.3 Å². The topological polar surface area (TPSA) is 25.8 Å². The van der Waals surface area contributed by atoms with Gasteiger partial charge in [0, 0.05) is 4.88 Å². The van der Waals surface area contributed by atoms with Crippen LogP contribution in [-0.4, -0.2) is 9.97 Å². The van der Waals surface area contributed by atoms with E-state index < -0.39 is 5.82 Å². The molecule has 0 aliphatic rings. The average molecular weight is 263 g/mol. The molecule has 0 fully saturated rings. The van der Waals surface area contributed by atoms with Gasteiger partial charge in [-0.3, -0.25) is 0 Å². The first-order valence-corrected chi connectivity index (χ1v) is 5.60. The molecular formula is C9H5Cl2FN2S. The third-order valence-electron chi connectivity index (χ3n) is 1.73. The Morgan fingerprint density at radius 1 is 1.20 bits per heavy atom. The number of aromatic nitrogens is 2. The van der Waals surface area contributed by atoms with Gasteiger partial charge in [-0.15, -0.1) is 11.3 Å². The van der Waals surface area contributed by atoms with Gasteiger partial charge in [-0.2, -0.15) is 0 Å². The summed E-state index contributed by atoms with van der Waals surface area (Å²) >= 11 is 12.6. The van der Waals surface area contributed by atoms with Crippen molar-refractivity contribution in [2.24, 2.45) is 0 Å². The maximum atomic E-state index is 13.0. The fraction of sp³-hybridized carbons (Fsp3) is 0.111. The quantitative estimate of drug-likeness (QED) is 0.728. The molecule has 0 aromatic carbocycles. The van der Waals surface area contributed by atoms with E-state index in [0.29, 0.717) is 5.82 Å². The van der Waals surface area contributed by atoms with Crippen LogP contribution in [0.2, 0.25) is 10.3 Å². The molecule has 0 spiro atoms. The van der Waals surface area contributed by atoms with Crippen LogP contribution in [0.4, 0.5) is 4.39 Å². The summed E-state index contributed by atoms with van der Waals surface area (Å²) in [7, 11) is 0. The van der Waals surface area contributed by atoms with Crippen molar-refractivity contribution in [1.29, 1.82) is 0 Å². The second kappa shape index (κ2) is 4.04. The lowest BCUT2D eigenvalue weighted by Gasteiger charge is -1.99. The van der Waals surface area contributed by atoms with E-state index >= 15 is 0 Å². The van der Waals surface area contributed by atoms with Crippen molar-refractivity contribution in [3.8, 4) is 10.7 Å². The Morgan fingerprint density at radius 2 is 1.80 bits per heavy atom. The Kier molecular flexibility index (Phi) is 2.91. The second-order valence-corrected chi connectivity index (χ2v) is 4.86. The van der Waals surface area contributed by atoms with E-state index in [4.69, 9.17) is 23.2 Å². The van der Waals surface area contributed by atoms with Crippen molar-refractivity contribution in [1.82, 2.24) is 9.97 Å². The van der Waals surface area contributed by atoms with Gasteiger partial charge < -0.3 is 0 Å². The molecule has 6 heteroatoms. The van der Waals surface area contributed by atoms with Gasteiger partial charge in [0.1, 0.15) is 0 Å². The highest BCUT2D eigenvalue weighted by Gasteiger charge is 2.13. The maximum Gasteiger partial charge on any atom is 0.197 e. The summed E-state index contributed by atoms with van der Waals surface area (Å²) in [6, 6.07) is 3.77. The first-order valence-electron chi connectivity index (χ1n) is 4.03. The molecule has 15 heavy (non-hydrogen) atoms. The summed E-state index contributed by atoms with van der Waals surface area (Å²) in [6.45, 7) is 1.96. The van der Waals surface area contributed by atoms with Crippen LogP contribution in [0.15, 0.2) is 12.1 Å². The second-order valence-electron chi connectivity index (χ2n) is 2.85. The molecule has 2 aromatic heterocycles. The number of nitrogens with zero attached hydrogens (tertiary/aromatic N) is 2. The van der Waals surface area contributed by atoms with E-state index in [2.05, 4.69) is 9.97 Å². The predicted octanol–water partition coefficient (Wildman–Crippen LogP) is 3.96. The molecule has 0 saturated heterocycles. The molecule has 0 N–H and O–H groups in total. The minimum Gasteiger partial charge on any atom is -0.212 e. The summed E-state index contributed by atoms with van der Waals surface area (Å²) in [5.74, 6) is -0.431. The zero-order valence-electron chi connectivity index (χ0n) is 7.59. The van der Waals surface area contributed by atoms with Gasteiger partial charge in [-0.05, 0) is 19.1 Å². The van der Waals surface area contributed by atoms with E-state index in [0.717, 1.165) is 9.75 Å². The molecule has 0 unspecified atom stereocenters. The summed E-state index contributed by atoms with van der Waals surface area (Å²) in [5.41, 5.74) is 0. The van der Waals surface area contributed by atoms with Crippen molar-refractivity contribution in [2.45, 2.75) is 6.92 Å². The summed E-state index contributed by atoms with van der Waals surface area (Å²) in [6.07, 6.45) is 0. The highest BCUT2D eigenvalue weighted by molar-refractivity contribution is 7.15. The van der Waals surface area contributed by atoms with Crippen molar-refractivity contribution >= 4 is 34.5 Å². The van der Waals surface area contributed by atoms with E-state index in [1.54, 1.807) is 0 Å². The molecular weight excluding hydrogens is 258 g/mol. The van der Waals surface area contributed by atoms with Crippen molar-refractivity contribution in [3.05, 3.63) is 33.1 Å². The van der Waals surface area contributed by atoms with Crippen LogP contribution in [0.1, 0.15) is 4.88 Å². The minimum atomic E-state index is -0.782. The lowest BCUT2D eigenvalue weighted by Crippen LogP contribution is -1.92. The molecule has 2 nitrogen and oxygen atoms in total. The van der Waals surface area contributed by atoms with Crippen LogP contribution in [0.25, 0.3) is 10.7 Å². The first kappa shape index (κ1) is 10.8. The lowest BCUT2D eigenvalue weighted by atomic mass is 10.4. The zero-order valence-corrected chi connectivity index (χ0v) is 9.92. The fourth-order valence-electron chi connectivity index (χ4n) is 1.06. The number of aryl methyl sites for hydroxylation is 1. The third kappa shape index (κ3) is 2.12. The summed E-state index contributed by atoms with van der Waals surface area (Å²) < 4.78 is 13.0. The Labute approximate surface area is 99.7 Å². The largest absolute Gasteiger partial charge is 0.212 e. The molecule has 0 aliphatic carbocycles. The SMILES string of the molecule is Cc1ccc(-c2nc(Cl)c(F)c(Cl)n2)s1. The molecule has 0 radical (unpaired) electrons. The Bertz CT molecular complexity index is 490. The number of halogens is 3.